The number of nitrogen functional groups attached to an aromatic ring is 1. The Bertz CT molecular complexity index is 1210. The Morgan fingerprint density at radius 2 is 1.97 bits per heavy atom. The highest BCUT2D eigenvalue weighted by atomic mass is 19.1. The molecule has 3 heterocycles. The number of pyridine rings is 1. The van der Waals surface area contributed by atoms with E-state index in [2.05, 4.69) is 25.3 Å². The van der Waals surface area contributed by atoms with Crippen LogP contribution in [-0.4, -0.2) is 35.1 Å². The molecule has 29 heavy (non-hydrogen) atoms. The second-order valence-corrected chi connectivity index (χ2v) is 7.42. The molecule has 3 N–H and O–H groups in total. The van der Waals surface area contributed by atoms with Crippen molar-refractivity contribution in [2.75, 3.05) is 5.73 Å². The van der Waals surface area contributed by atoms with E-state index in [9.17, 15) is 9.50 Å². The van der Waals surface area contributed by atoms with Crippen LogP contribution in [-0.2, 0) is 12.1 Å². The predicted octanol–water partition coefficient (Wildman–Crippen LogP) is 2.59. The molecule has 4 rings (SSSR count). The van der Waals surface area contributed by atoms with E-state index in [0.29, 0.717) is 40.1 Å². The van der Waals surface area contributed by atoms with Crippen molar-refractivity contribution in [3.63, 3.8) is 0 Å². The summed E-state index contributed by atoms with van der Waals surface area (Å²) in [5, 5.41) is 19.0. The van der Waals surface area contributed by atoms with Gasteiger partial charge >= 0.3 is 0 Å². The Morgan fingerprint density at radius 1 is 1.17 bits per heavy atom. The second-order valence-electron chi connectivity index (χ2n) is 7.42. The minimum atomic E-state index is -1.04. The lowest BCUT2D eigenvalue weighted by atomic mass is 10.0. The maximum absolute atomic E-state index is 14.0. The van der Waals surface area contributed by atoms with Crippen LogP contribution in [0.2, 0.25) is 0 Å². The van der Waals surface area contributed by atoms with Crippen LogP contribution < -0.4 is 5.73 Å². The molecule has 0 radical (unpaired) electrons. The van der Waals surface area contributed by atoms with Crippen molar-refractivity contribution < 1.29 is 9.50 Å². The molecule has 0 saturated carbocycles. The molecule has 0 unspecified atom stereocenters. The Balaban J connectivity index is 1.72. The maximum atomic E-state index is 14.0. The molecule has 0 amide bonds. The molecule has 0 fully saturated rings. The van der Waals surface area contributed by atoms with Gasteiger partial charge in [0.15, 0.2) is 0 Å². The van der Waals surface area contributed by atoms with Gasteiger partial charge in [0, 0.05) is 5.39 Å². The van der Waals surface area contributed by atoms with Crippen LogP contribution in [0.5, 0.6) is 0 Å². The summed E-state index contributed by atoms with van der Waals surface area (Å²) in [4.78, 5) is 13.0. The quantitative estimate of drug-likeness (QED) is 0.547. The summed E-state index contributed by atoms with van der Waals surface area (Å²) in [6.07, 6.45) is 1.69. The number of nitrogens with zero attached hydrogens (tertiary/aromatic N) is 6. The van der Waals surface area contributed by atoms with E-state index < -0.39 is 5.60 Å². The van der Waals surface area contributed by atoms with Crippen LogP contribution in [0.4, 0.5) is 10.3 Å². The molecule has 0 spiro atoms. The average molecular weight is 393 g/mol. The van der Waals surface area contributed by atoms with Crippen molar-refractivity contribution in [2.45, 2.75) is 32.9 Å². The topological polar surface area (TPSA) is 116 Å². The number of halogens is 1. The first-order valence-corrected chi connectivity index (χ1v) is 9.03. The Hall–Kier alpha value is -3.46. The van der Waals surface area contributed by atoms with Gasteiger partial charge in [-0.3, -0.25) is 4.98 Å². The highest BCUT2D eigenvalue weighted by molar-refractivity contribution is 5.93. The largest absolute Gasteiger partial charge is 0.384 e. The van der Waals surface area contributed by atoms with Crippen molar-refractivity contribution in [3.8, 4) is 11.4 Å². The first kappa shape index (κ1) is 18.9. The summed E-state index contributed by atoms with van der Waals surface area (Å²) in [7, 11) is 0. The summed E-state index contributed by atoms with van der Waals surface area (Å²) in [6, 6.07) is 8.20. The molecule has 0 aliphatic carbocycles. The molecule has 9 heteroatoms. The highest BCUT2D eigenvalue weighted by Crippen LogP contribution is 2.28. The Morgan fingerprint density at radius 3 is 2.72 bits per heavy atom. The van der Waals surface area contributed by atoms with Crippen LogP contribution in [0.15, 0.2) is 36.5 Å². The number of aliphatic hydroxyl groups is 1. The van der Waals surface area contributed by atoms with E-state index >= 15 is 0 Å². The van der Waals surface area contributed by atoms with Gasteiger partial charge in [0.25, 0.3) is 0 Å². The van der Waals surface area contributed by atoms with Crippen LogP contribution in [0.25, 0.3) is 22.3 Å². The molecule has 148 valence electrons. The zero-order chi connectivity index (χ0) is 20.8. The van der Waals surface area contributed by atoms with Crippen LogP contribution in [0, 0.1) is 12.7 Å². The monoisotopic (exact) mass is 393 g/mol. The van der Waals surface area contributed by atoms with Crippen molar-refractivity contribution in [2.24, 2.45) is 0 Å². The van der Waals surface area contributed by atoms with Gasteiger partial charge in [-0.25, -0.2) is 19.0 Å². The molecular formula is C20H20FN7O. The fraction of sp³-hybridized carbons (Fsp3) is 0.250. The molecule has 4 aromatic rings. The smallest absolute Gasteiger partial charge is 0.221 e. The minimum Gasteiger partial charge on any atom is -0.384 e. The third-order valence-corrected chi connectivity index (χ3v) is 4.51. The molecule has 3 aromatic heterocycles. The summed E-state index contributed by atoms with van der Waals surface area (Å²) in [5.41, 5.74) is 8.20. The van der Waals surface area contributed by atoms with E-state index in [1.807, 2.05) is 12.1 Å². The molecule has 0 aliphatic rings. The van der Waals surface area contributed by atoms with E-state index in [0.717, 1.165) is 5.69 Å². The lowest BCUT2D eigenvalue weighted by molar-refractivity contribution is 0.0736. The van der Waals surface area contributed by atoms with Crippen LogP contribution in [0.1, 0.15) is 30.8 Å². The number of fused-ring (bicyclic) bond motifs is 1. The number of aromatic nitrogens is 6. The molecule has 8 nitrogen and oxygen atoms in total. The fourth-order valence-corrected chi connectivity index (χ4v) is 3.13. The zero-order valence-corrected chi connectivity index (χ0v) is 16.3. The first-order chi connectivity index (χ1) is 13.7. The van der Waals surface area contributed by atoms with Gasteiger partial charge in [0.1, 0.15) is 22.8 Å². The summed E-state index contributed by atoms with van der Waals surface area (Å²) >= 11 is 0. The van der Waals surface area contributed by atoms with E-state index in [1.165, 1.54) is 12.1 Å². The molecule has 0 saturated heterocycles. The number of hydrogen-bond acceptors (Lipinski definition) is 7. The number of nitrogens with two attached hydrogens (primary N) is 1. The predicted molar refractivity (Wildman–Crippen MR) is 106 cm³/mol. The lowest BCUT2D eigenvalue weighted by Crippen LogP contribution is -2.18. The molecule has 0 bridgehead atoms. The standard InChI is InChI=1S/C20H20FN7O/c1-11-7-12(21)8-14-17(11)24-19(22)25-18(14)15-10-28(27-26-15)9-13-5-4-6-16(23-13)20(2,3)29/h4-8,10,29H,9H2,1-3H3,(H2,22,24,25). The van der Waals surface area contributed by atoms with Gasteiger partial charge < -0.3 is 10.8 Å². The highest BCUT2D eigenvalue weighted by Gasteiger charge is 2.18. The maximum Gasteiger partial charge on any atom is 0.221 e. The van der Waals surface area contributed by atoms with Crippen molar-refractivity contribution in [1.29, 1.82) is 0 Å². The molecule has 1 aromatic carbocycles. The number of benzene rings is 1. The zero-order valence-electron chi connectivity index (χ0n) is 16.3. The summed E-state index contributed by atoms with van der Waals surface area (Å²) < 4.78 is 15.6. The Kier molecular flexibility index (Phi) is 4.46. The van der Waals surface area contributed by atoms with Crippen LogP contribution >= 0.6 is 0 Å². The fourth-order valence-electron chi connectivity index (χ4n) is 3.13. The van der Waals surface area contributed by atoms with Crippen molar-refractivity contribution >= 4 is 16.9 Å². The van der Waals surface area contributed by atoms with E-state index in [-0.39, 0.29) is 11.8 Å². The van der Waals surface area contributed by atoms with Gasteiger partial charge in [-0.15, -0.1) is 5.10 Å². The van der Waals surface area contributed by atoms with E-state index in [4.69, 9.17) is 5.73 Å². The van der Waals surface area contributed by atoms with Gasteiger partial charge in [-0.2, -0.15) is 0 Å². The van der Waals surface area contributed by atoms with Gasteiger partial charge in [-0.1, -0.05) is 11.3 Å². The average Bonchev–Trinajstić information content (AvgIpc) is 3.09. The number of aryl methyl sites for hydroxylation is 1. The van der Waals surface area contributed by atoms with E-state index in [1.54, 1.807) is 37.7 Å². The number of hydrogen-bond donors (Lipinski definition) is 2. The van der Waals surface area contributed by atoms with Crippen molar-refractivity contribution in [3.05, 3.63) is 59.3 Å². The summed E-state index contributed by atoms with van der Waals surface area (Å²) in [5.74, 6) is -0.305. The third-order valence-electron chi connectivity index (χ3n) is 4.51. The SMILES string of the molecule is Cc1cc(F)cc2c(-c3cn(Cc4cccc(C(C)(C)O)n4)nn3)nc(N)nc12. The van der Waals surface area contributed by atoms with Crippen LogP contribution in [0.3, 0.4) is 0 Å². The molecule has 0 aliphatic heterocycles. The normalized spacial score (nSPS) is 11.9. The van der Waals surface area contributed by atoms with Gasteiger partial charge in [-0.05, 0) is 50.6 Å². The molecule has 0 atom stereocenters. The second kappa shape index (κ2) is 6.85. The van der Waals surface area contributed by atoms with Gasteiger partial charge in [0.2, 0.25) is 5.95 Å². The number of rotatable bonds is 4. The minimum absolute atomic E-state index is 0.0799. The lowest BCUT2D eigenvalue weighted by Gasteiger charge is -2.17. The number of anilines is 1. The Labute approximate surface area is 166 Å². The summed E-state index contributed by atoms with van der Waals surface area (Å²) in [6.45, 7) is 5.47. The van der Waals surface area contributed by atoms with Gasteiger partial charge in [0.05, 0.1) is 29.6 Å². The first-order valence-electron chi connectivity index (χ1n) is 9.03. The third kappa shape index (κ3) is 3.77. The molecular weight excluding hydrogens is 373 g/mol. The van der Waals surface area contributed by atoms with Crippen molar-refractivity contribution in [1.82, 2.24) is 29.9 Å².